The molecule has 1 aliphatic heterocycles. The Bertz CT molecular complexity index is 672. The molecule has 1 amide bonds. The molecule has 5 nitrogen and oxygen atoms in total. The molecule has 20 heavy (non-hydrogen) atoms. The van der Waals surface area contributed by atoms with Crippen molar-refractivity contribution in [3.8, 4) is 0 Å². The highest BCUT2D eigenvalue weighted by atomic mass is 16.4. The lowest BCUT2D eigenvalue weighted by molar-refractivity contribution is -0.139. The van der Waals surface area contributed by atoms with E-state index in [2.05, 4.69) is 4.98 Å². The second-order valence-corrected chi connectivity index (χ2v) is 5.05. The highest BCUT2D eigenvalue weighted by Crippen LogP contribution is 2.24. The summed E-state index contributed by atoms with van der Waals surface area (Å²) in [5, 5.41) is 9.65. The van der Waals surface area contributed by atoms with Crippen molar-refractivity contribution in [3.63, 3.8) is 0 Å². The molecule has 1 aromatic carbocycles. The van der Waals surface area contributed by atoms with Gasteiger partial charge in [-0.05, 0) is 12.1 Å². The van der Waals surface area contributed by atoms with Crippen molar-refractivity contribution in [2.24, 2.45) is 5.92 Å². The second kappa shape index (κ2) is 4.92. The van der Waals surface area contributed by atoms with Crippen molar-refractivity contribution in [3.05, 3.63) is 42.1 Å². The van der Waals surface area contributed by atoms with Crippen LogP contribution in [0.5, 0.6) is 0 Å². The molecule has 1 aliphatic rings. The molecule has 0 unspecified atom stereocenters. The third-order valence-electron chi connectivity index (χ3n) is 3.57. The van der Waals surface area contributed by atoms with Crippen LogP contribution in [-0.4, -0.2) is 40.0 Å². The van der Waals surface area contributed by atoms with Gasteiger partial charge >= 0.3 is 5.97 Å². The highest BCUT2D eigenvalue weighted by molar-refractivity contribution is 6.05. The zero-order chi connectivity index (χ0) is 14.1. The third-order valence-corrected chi connectivity index (χ3v) is 3.57. The minimum absolute atomic E-state index is 0.0689. The number of carboxylic acids is 1. The van der Waals surface area contributed by atoms with Crippen LogP contribution < -0.4 is 0 Å². The lowest BCUT2D eigenvalue weighted by Crippen LogP contribution is -2.50. The van der Waals surface area contributed by atoms with Gasteiger partial charge < -0.3 is 10.0 Å². The van der Waals surface area contributed by atoms with Crippen LogP contribution in [-0.2, 0) is 4.79 Å². The number of para-hydroxylation sites is 1. The summed E-state index contributed by atoms with van der Waals surface area (Å²) in [7, 11) is 0. The van der Waals surface area contributed by atoms with Gasteiger partial charge in [-0.3, -0.25) is 14.6 Å². The highest BCUT2D eigenvalue weighted by Gasteiger charge is 2.33. The summed E-state index contributed by atoms with van der Waals surface area (Å²) in [4.78, 5) is 29.0. The first-order valence-corrected chi connectivity index (χ1v) is 6.50. The molecule has 0 aliphatic carbocycles. The minimum Gasteiger partial charge on any atom is -0.481 e. The Kier molecular flexibility index (Phi) is 3.10. The number of likely N-dealkylation sites (tertiary alicyclic amines) is 1. The van der Waals surface area contributed by atoms with E-state index in [4.69, 9.17) is 5.11 Å². The van der Waals surface area contributed by atoms with Gasteiger partial charge in [-0.25, -0.2) is 0 Å². The van der Waals surface area contributed by atoms with E-state index in [0.29, 0.717) is 24.2 Å². The van der Waals surface area contributed by atoms with Crippen LogP contribution in [0.3, 0.4) is 0 Å². The van der Waals surface area contributed by atoms with Gasteiger partial charge in [-0.15, -0.1) is 0 Å². The first-order valence-electron chi connectivity index (χ1n) is 6.50. The van der Waals surface area contributed by atoms with Crippen LogP contribution in [0.1, 0.15) is 16.8 Å². The fourth-order valence-corrected chi connectivity index (χ4v) is 2.56. The van der Waals surface area contributed by atoms with E-state index in [-0.39, 0.29) is 18.2 Å². The molecular weight excluding hydrogens is 256 g/mol. The number of benzene rings is 1. The molecule has 0 radical (unpaired) electrons. The maximum atomic E-state index is 12.4. The van der Waals surface area contributed by atoms with Crippen LogP contribution in [0.2, 0.25) is 0 Å². The summed E-state index contributed by atoms with van der Waals surface area (Å²) < 4.78 is 0. The van der Waals surface area contributed by atoms with E-state index in [0.717, 1.165) is 5.39 Å². The summed E-state index contributed by atoms with van der Waals surface area (Å²) in [6.07, 6.45) is 1.79. The minimum atomic E-state index is -0.811. The number of pyridine rings is 1. The number of hydrogen-bond acceptors (Lipinski definition) is 3. The number of rotatable bonds is 3. The van der Waals surface area contributed by atoms with E-state index in [1.165, 1.54) is 0 Å². The van der Waals surface area contributed by atoms with Crippen LogP contribution >= 0.6 is 0 Å². The zero-order valence-corrected chi connectivity index (χ0v) is 10.8. The molecule has 3 rings (SSSR count). The fourth-order valence-electron chi connectivity index (χ4n) is 2.56. The zero-order valence-electron chi connectivity index (χ0n) is 10.8. The van der Waals surface area contributed by atoms with Gasteiger partial charge in [0.2, 0.25) is 0 Å². The van der Waals surface area contributed by atoms with Crippen molar-refractivity contribution >= 4 is 22.8 Å². The second-order valence-electron chi connectivity index (χ2n) is 5.05. The maximum Gasteiger partial charge on any atom is 0.303 e. The normalized spacial score (nSPS) is 15.1. The molecule has 2 aromatic rings. The van der Waals surface area contributed by atoms with Crippen molar-refractivity contribution in [1.82, 2.24) is 9.88 Å². The van der Waals surface area contributed by atoms with Crippen LogP contribution in [0.15, 0.2) is 36.5 Å². The molecule has 0 spiro atoms. The predicted molar refractivity (Wildman–Crippen MR) is 73.4 cm³/mol. The van der Waals surface area contributed by atoms with Gasteiger partial charge in [0.15, 0.2) is 0 Å². The van der Waals surface area contributed by atoms with E-state index in [1.54, 1.807) is 17.2 Å². The largest absolute Gasteiger partial charge is 0.481 e. The van der Waals surface area contributed by atoms with Crippen molar-refractivity contribution in [2.45, 2.75) is 6.42 Å². The summed E-state index contributed by atoms with van der Waals surface area (Å²) in [6.45, 7) is 1.02. The Balaban J connectivity index is 1.79. The molecule has 0 saturated carbocycles. The standard InChI is InChI=1S/C15H14N2O3/c18-13(19)7-10-8-17(9-10)15(20)12-5-1-3-11-4-2-6-16-14(11)12/h1-6,10H,7-9H2,(H,18,19). The van der Waals surface area contributed by atoms with Crippen molar-refractivity contribution in [2.75, 3.05) is 13.1 Å². The molecule has 1 aromatic heterocycles. The smallest absolute Gasteiger partial charge is 0.303 e. The lowest BCUT2D eigenvalue weighted by Gasteiger charge is -2.38. The van der Waals surface area contributed by atoms with Gasteiger partial charge in [0.25, 0.3) is 5.91 Å². The Morgan fingerprint density at radius 3 is 2.75 bits per heavy atom. The van der Waals surface area contributed by atoms with Crippen LogP contribution in [0.25, 0.3) is 10.9 Å². The summed E-state index contributed by atoms with van der Waals surface area (Å²) in [5.41, 5.74) is 1.28. The molecule has 0 bridgehead atoms. The maximum absolute atomic E-state index is 12.4. The van der Waals surface area contributed by atoms with Gasteiger partial charge in [0.1, 0.15) is 0 Å². The molecule has 1 fully saturated rings. The Labute approximate surface area is 115 Å². The van der Waals surface area contributed by atoms with E-state index in [1.807, 2.05) is 24.3 Å². The van der Waals surface area contributed by atoms with E-state index < -0.39 is 5.97 Å². The number of carbonyl (C=O) groups is 2. The van der Waals surface area contributed by atoms with Gasteiger partial charge in [0.05, 0.1) is 17.5 Å². The average molecular weight is 270 g/mol. The van der Waals surface area contributed by atoms with Crippen LogP contribution in [0, 0.1) is 5.92 Å². The summed E-state index contributed by atoms with van der Waals surface area (Å²) in [5.74, 6) is -0.816. The van der Waals surface area contributed by atoms with E-state index >= 15 is 0 Å². The molecule has 1 N–H and O–H groups in total. The number of hydrogen-bond donors (Lipinski definition) is 1. The predicted octanol–water partition coefficient (Wildman–Crippen LogP) is 1.78. The van der Waals surface area contributed by atoms with Crippen LogP contribution in [0.4, 0.5) is 0 Å². The van der Waals surface area contributed by atoms with Crippen molar-refractivity contribution in [1.29, 1.82) is 0 Å². The summed E-state index contributed by atoms with van der Waals surface area (Å²) in [6, 6.07) is 9.28. The van der Waals surface area contributed by atoms with E-state index in [9.17, 15) is 9.59 Å². The van der Waals surface area contributed by atoms with Crippen molar-refractivity contribution < 1.29 is 14.7 Å². The molecule has 2 heterocycles. The third kappa shape index (κ3) is 2.22. The lowest BCUT2D eigenvalue weighted by atomic mass is 9.95. The quantitative estimate of drug-likeness (QED) is 0.923. The van der Waals surface area contributed by atoms with Gasteiger partial charge in [0, 0.05) is 30.6 Å². The Morgan fingerprint density at radius 2 is 2.00 bits per heavy atom. The number of carbonyl (C=O) groups excluding carboxylic acids is 1. The Morgan fingerprint density at radius 1 is 1.25 bits per heavy atom. The van der Waals surface area contributed by atoms with Gasteiger partial charge in [-0.2, -0.15) is 0 Å². The molecule has 5 heteroatoms. The van der Waals surface area contributed by atoms with Gasteiger partial charge in [-0.1, -0.05) is 18.2 Å². The monoisotopic (exact) mass is 270 g/mol. The Hall–Kier alpha value is -2.43. The fraction of sp³-hybridized carbons (Fsp3) is 0.267. The molecule has 1 saturated heterocycles. The number of amides is 1. The number of fused-ring (bicyclic) bond motifs is 1. The number of aromatic nitrogens is 1. The first kappa shape index (κ1) is 12.6. The SMILES string of the molecule is O=C(O)CC1CN(C(=O)c2cccc3cccnc23)C1. The molecule has 0 atom stereocenters. The number of aliphatic carboxylic acids is 1. The molecule has 102 valence electrons. The topological polar surface area (TPSA) is 70.5 Å². The number of carboxylic acid groups (broad SMARTS) is 1. The summed E-state index contributed by atoms with van der Waals surface area (Å²) >= 11 is 0. The number of nitrogens with zero attached hydrogens (tertiary/aromatic N) is 2. The average Bonchev–Trinajstić information content (AvgIpc) is 2.41. The molecular formula is C15H14N2O3. The first-order chi connectivity index (χ1) is 9.65.